The number of hydrogen-bond donors (Lipinski definition) is 0. The molecule has 10 heteroatoms. The summed E-state index contributed by atoms with van der Waals surface area (Å²) in [6, 6.07) is 14.5. The van der Waals surface area contributed by atoms with E-state index in [1.165, 1.54) is 48.8 Å². The van der Waals surface area contributed by atoms with Gasteiger partial charge in [-0.3, -0.25) is 10.1 Å². The molecule has 3 rings (SSSR count). The van der Waals surface area contributed by atoms with Gasteiger partial charge >= 0.3 is 7.82 Å². The zero-order chi connectivity index (χ0) is 18.4. The van der Waals surface area contributed by atoms with Gasteiger partial charge in [-0.15, -0.1) is 0 Å². The van der Waals surface area contributed by atoms with Crippen LogP contribution >= 0.6 is 7.82 Å². The zero-order valence-corrected chi connectivity index (χ0v) is 14.1. The number of benzene rings is 1. The molecule has 0 saturated carbocycles. The van der Waals surface area contributed by atoms with Crippen LogP contribution in [0.25, 0.3) is 0 Å². The Hall–Kier alpha value is -3.45. The smallest absolute Gasteiger partial charge is 0.386 e. The minimum atomic E-state index is -4.22. The fourth-order valence-corrected chi connectivity index (χ4v) is 3.01. The topological polar surface area (TPSA) is 114 Å². The van der Waals surface area contributed by atoms with Gasteiger partial charge in [0.05, 0.1) is 4.92 Å². The first-order valence-corrected chi connectivity index (χ1v) is 8.75. The van der Waals surface area contributed by atoms with Crippen LogP contribution in [0.4, 0.5) is 5.69 Å². The van der Waals surface area contributed by atoms with Crippen molar-refractivity contribution in [1.29, 1.82) is 0 Å². The number of non-ortho nitro benzene ring substituents is 1. The Morgan fingerprint density at radius 3 is 1.77 bits per heavy atom. The molecule has 0 bridgehead atoms. The molecule has 0 aliphatic heterocycles. The fourth-order valence-electron chi connectivity index (χ4n) is 1.84. The van der Waals surface area contributed by atoms with Gasteiger partial charge in [-0.1, -0.05) is 12.1 Å². The summed E-state index contributed by atoms with van der Waals surface area (Å²) < 4.78 is 29.0. The lowest BCUT2D eigenvalue weighted by atomic mass is 10.3. The highest BCUT2D eigenvalue weighted by Gasteiger charge is 2.34. The summed E-state index contributed by atoms with van der Waals surface area (Å²) in [6.07, 6.45) is 2.90. The van der Waals surface area contributed by atoms with E-state index in [1.54, 1.807) is 24.3 Å². The summed E-state index contributed by atoms with van der Waals surface area (Å²) in [6.45, 7) is 0. The normalized spacial score (nSPS) is 10.8. The minimum absolute atomic E-state index is 0.0219. The molecule has 2 aromatic heterocycles. The monoisotopic (exact) mass is 373 g/mol. The Labute approximate surface area is 148 Å². The van der Waals surface area contributed by atoms with E-state index in [2.05, 4.69) is 9.97 Å². The third-order valence-electron chi connectivity index (χ3n) is 2.95. The van der Waals surface area contributed by atoms with Gasteiger partial charge in [0.15, 0.2) is 0 Å². The summed E-state index contributed by atoms with van der Waals surface area (Å²) in [7, 11) is -4.22. The van der Waals surface area contributed by atoms with Gasteiger partial charge in [0.2, 0.25) is 11.8 Å². The summed E-state index contributed by atoms with van der Waals surface area (Å²) >= 11 is 0. The number of aromatic nitrogens is 2. The first kappa shape index (κ1) is 17.4. The quantitative estimate of drug-likeness (QED) is 0.346. The van der Waals surface area contributed by atoms with E-state index in [-0.39, 0.29) is 23.2 Å². The van der Waals surface area contributed by atoms with Crippen LogP contribution in [0.15, 0.2) is 73.1 Å². The molecule has 0 spiro atoms. The average molecular weight is 373 g/mol. The average Bonchev–Trinajstić information content (AvgIpc) is 2.63. The van der Waals surface area contributed by atoms with Crippen LogP contribution in [0.5, 0.6) is 17.5 Å². The molecule has 2 heterocycles. The van der Waals surface area contributed by atoms with Crippen molar-refractivity contribution in [2.45, 2.75) is 0 Å². The molecular weight excluding hydrogens is 361 g/mol. The molecule has 0 atom stereocenters. The predicted octanol–water partition coefficient (Wildman–Crippen LogP) is 4.03. The Balaban J connectivity index is 1.86. The van der Waals surface area contributed by atoms with E-state index in [0.29, 0.717) is 0 Å². The Morgan fingerprint density at radius 2 is 1.35 bits per heavy atom. The number of rotatable bonds is 7. The van der Waals surface area contributed by atoms with E-state index in [4.69, 9.17) is 13.6 Å². The zero-order valence-electron chi connectivity index (χ0n) is 13.2. The van der Waals surface area contributed by atoms with Crippen LogP contribution in [0.3, 0.4) is 0 Å². The number of nitrogens with zero attached hydrogens (tertiary/aromatic N) is 3. The highest BCUT2D eigenvalue weighted by atomic mass is 31.2. The standard InChI is InChI=1S/C16H12N3O6P/c20-19(21)13-7-9-14(10-8-13)23-26(22,24-15-5-1-3-11-17-15)25-16-6-2-4-12-18-16/h1-12H. The Bertz CT molecular complexity index is 876. The molecule has 0 amide bonds. The highest BCUT2D eigenvalue weighted by Crippen LogP contribution is 2.48. The Kier molecular flexibility index (Phi) is 5.09. The van der Waals surface area contributed by atoms with E-state index >= 15 is 0 Å². The highest BCUT2D eigenvalue weighted by molar-refractivity contribution is 7.49. The van der Waals surface area contributed by atoms with Crippen molar-refractivity contribution in [3.8, 4) is 17.5 Å². The maximum Gasteiger partial charge on any atom is 0.649 e. The molecule has 0 radical (unpaired) electrons. The maximum absolute atomic E-state index is 13.1. The molecule has 0 unspecified atom stereocenters. The summed E-state index contributed by atoms with van der Waals surface area (Å²) in [5.74, 6) is 0.105. The lowest BCUT2D eigenvalue weighted by molar-refractivity contribution is -0.384. The van der Waals surface area contributed by atoms with Crippen molar-refractivity contribution in [2.75, 3.05) is 0 Å². The molecular formula is C16H12N3O6P. The van der Waals surface area contributed by atoms with Gasteiger partial charge in [0.25, 0.3) is 5.69 Å². The number of phosphoric acid groups is 1. The number of nitro groups is 1. The van der Waals surface area contributed by atoms with Gasteiger partial charge in [0, 0.05) is 36.7 Å². The number of hydrogen-bond acceptors (Lipinski definition) is 8. The number of phosphoric ester groups is 1. The fraction of sp³-hybridized carbons (Fsp3) is 0. The van der Waals surface area contributed by atoms with Crippen LogP contribution in [0.1, 0.15) is 0 Å². The van der Waals surface area contributed by atoms with Crippen molar-refractivity contribution < 1.29 is 23.1 Å². The first-order valence-electron chi connectivity index (χ1n) is 7.29. The van der Waals surface area contributed by atoms with Gasteiger partial charge in [-0.05, 0) is 24.3 Å². The van der Waals surface area contributed by atoms with Crippen LogP contribution in [0.2, 0.25) is 0 Å². The van der Waals surface area contributed by atoms with Gasteiger partial charge in [-0.2, -0.15) is 4.57 Å². The summed E-state index contributed by atoms with van der Waals surface area (Å²) in [4.78, 5) is 18.0. The van der Waals surface area contributed by atoms with E-state index in [0.717, 1.165) is 0 Å². The van der Waals surface area contributed by atoms with Crippen LogP contribution in [-0.2, 0) is 4.57 Å². The SMILES string of the molecule is O=[N+]([O-])c1ccc(OP(=O)(Oc2ccccn2)Oc2ccccn2)cc1. The predicted molar refractivity (Wildman–Crippen MR) is 91.1 cm³/mol. The second kappa shape index (κ2) is 7.62. The van der Waals surface area contributed by atoms with Crippen molar-refractivity contribution in [3.63, 3.8) is 0 Å². The lowest BCUT2D eigenvalue weighted by Gasteiger charge is -2.18. The Morgan fingerprint density at radius 1 is 0.808 bits per heavy atom. The van der Waals surface area contributed by atoms with Crippen molar-refractivity contribution in [2.24, 2.45) is 0 Å². The third-order valence-corrected chi connectivity index (χ3v) is 4.21. The molecule has 0 aliphatic rings. The third kappa shape index (κ3) is 4.55. The molecule has 26 heavy (non-hydrogen) atoms. The first-order chi connectivity index (χ1) is 12.5. The lowest BCUT2D eigenvalue weighted by Crippen LogP contribution is -2.08. The van der Waals surface area contributed by atoms with Crippen LogP contribution < -0.4 is 13.6 Å². The van der Waals surface area contributed by atoms with E-state index in [1.807, 2.05) is 0 Å². The van der Waals surface area contributed by atoms with Crippen LogP contribution in [-0.4, -0.2) is 14.9 Å². The second-order valence-corrected chi connectivity index (χ2v) is 6.25. The van der Waals surface area contributed by atoms with Crippen LogP contribution in [0, 0.1) is 10.1 Å². The van der Waals surface area contributed by atoms with Gasteiger partial charge in [-0.25, -0.2) is 9.97 Å². The molecule has 3 aromatic rings. The molecule has 1 aromatic carbocycles. The van der Waals surface area contributed by atoms with Gasteiger partial charge < -0.3 is 13.6 Å². The minimum Gasteiger partial charge on any atom is -0.386 e. The summed E-state index contributed by atoms with van der Waals surface area (Å²) in [5, 5.41) is 10.7. The van der Waals surface area contributed by atoms with E-state index < -0.39 is 12.7 Å². The molecule has 132 valence electrons. The number of pyridine rings is 2. The maximum atomic E-state index is 13.1. The van der Waals surface area contributed by atoms with Crippen molar-refractivity contribution in [3.05, 3.63) is 83.2 Å². The largest absolute Gasteiger partial charge is 0.649 e. The van der Waals surface area contributed by atoms with Gasteiger partial charge in [0.1, 0.15) is 5.75 Å². The molecule has 9 nitrogen and oxygen atoms in total. The summed E-state index contributed by atoms with van der Waals surface area (Å²) in [5.41, 5.74) is -0.136. The van der Waals surface area contributed by atoms with Crippen molar-refractivity contribution in [1.82, 2.24) is 9.97 Å². The second-order valence-electron chi connectivity index (χ2n) is 4.81. The van der Waals surface area contributed by atoms with Crippen molar-refractivity contribution >= 4 is 13.5 Å². The molecule has 0 fully saturated rings. The number of nitro benzene ring substituents is 1. The molecule has 0 N–H and O–H groups in total. The molecule has 0 saturated heterocycles. The molecule has 0 aliphatic carbocycles. The van der Waals surface area contributed by atoms with E-state index in [9.17, 15) is 14.7 Å².